The van der Waals surface area contributed by atoms with Gasteiger partial charge in [-0.1, -0.05) is 26.7 Å². The molecule has 68 valence electrons. The first-order valence-electron chi connectivity index (χ1n) is 3.94. The fourth-order valence-corrected chi connectivity index (χ4v) is 0.941. The maximum atomic E-state index is 4.48. The molecule has 3 nitrogen and oxygen atoms in total. The topological polar surface area (TPSA) is 30.5 Å². The lowest BCUT2D eigenvalue weighted by Crippen LogP contribution is -2.13. The third-order valence-electron chi connectivity index (χ3n) is 1.40. The van der Waals surface area contributed by atoms with Crippen molar-refractivity contribution in [1.29, 1.82) is 0 Å². The van der Waals surface area contributed by atoms with Gasteiger partial charge in [-0.2, -0.15) is 5.48 Å². The Morgan fingerprint density at radius 3 is 2.64 bits per heavy atom. The molecule has 0 unspecified atom stereocenters. The van der Waals surface area contributed by atoms with Crippen LogP contribution in [0.25, 0.3) is 0 Å². The van der Waals surface area contributed by atoms with Crippen molar-refractivity contribution in [3.63, 3.8) is 0 Å². The zero-order chi connectivity index (χ0) is 8.53. The van der Waals surface area contributed by atoms with Crippen LogP contribution in [0.15, 0.2) is 0 Å². The molecule has 0 aromatic heterocycles. The molecule has 0 bridgehead atoms. The van der Waals surface area contributed by atoms with Gasteiger partial charge in [-0.15, -0.1) is 8.21 Å². The minimum absolute atomic E-state index is 0.803. The highest BCUT2D eigenvalue weighted by Crippen LogP contribution is 2.04. The molecular formula is C7H16INO2. The molecule has 11 heavy (non-hydrogen) atoms. The van der Waals surface area contributed by atoms with Crippen molar-refractivity contribution in [3.8, 4) is 0 Å². The normalized spacial score (nSPS) is 10.9. The summed E-state index contributed by atoms with van der Waals surface area (Å²) < 4.78 is 4.33. The van der Waals surface area contributed by atoms with Crippen LogP contribution >= 0.6 is 23.0 Å². The van der Waals surface area contributed by atoms with E-state index >= 15 is 0 Å². The summed E-state index contributed by atoms with van der Waals surface area (Å²) in [5.74, 6) is 0.803. The minimum Gasteiger partial charge on any atom is -0.169 e. The summed E-state index contributed by atoms with van der Waals surface area (Å²) in [6.07, 6.45) is 3.67. The lowest BCUT2D eigenvalue weighted by atomic mass is 10.1. The predicted octanol–water partition coefficient (Wildman–Crippen LogP) is 2.62. The Kier molecular flexibility index (Phi) is 9.19. The molecule has 0 aliphatic heterocycles. The Balaban J connectivity index is 2.80. The van der Waals surface area contributed by atoms with Gasteiger partial charge in [0.25, 0.3) is 0 Å². The molecule has 0 saturated heterocycles. The second-order valence-electron chi connectivity index (χ2n) is 2.93. The van der Waals surface area contributed by atoms with Crippen LogP contribution in [0.2, 0.25) is 0 Å². The van der Waals surface area contributed by atoms with Crippen LogP contribution in [-0.4, -0.2) is 6.54 Å². The van der Waals surface area contributed by atoms with Crippen LogP contribution in [0.5, 0.6) is 0 Å². The SMILES string of the molecule is CC(C)CCCCNOOI. The molecule has 0 amide bonds. The van der Waals surface area contributed by atoms with Crippen LogP contribution in [0.3, 0.4) is 0 Å². The monoisotopic (exact) mass is 273 g/mol. The van der Waals surface area contributed by atoms with Gasteiger partial charge in [0, 0.05) is 6.54 Å². The average molecular weight is 273 g/mol. The van der Waals surface area contributed by atoms with E-state index in [-0.39, 0.29) is 0 Å². The van der Waals surface area contributed by atoms with Crippen molar-refractivity contribution in [1.82, 2.24) is 5.48 Å². The van der Waals surface area contributed by atoms with Crippen LogP contribution in [0.4, 0.5) is 0 Å². The van der Waals surface area contributed by atoms with Crippen molar-refractivity contribution >= 4 is 23.0 Å². The van der Waals surface area contributed by atoms with E-state index in [4.69, 9.17) is 0 Å². The van der Waals surface area contributed by atoms with Crippen molar-refractivity contribution < 1.29 is 8.21 Å². The van der Waals surface area contributed by atoms with Gasteiger partial charge in [-0.05, 0) is 12.3 Å². The number of hydrogen-bond donors (Lipinski definition) is 1. The Morgan fingerprint density at radius 2 is 2.09 bits per heavy atom. The van der Waals surface area contributed by atoms with E-state index in [0.717, 1.165) is 18.9 Å². The zero-order valence-corrected chi connectivity index (χ0v) is 9.26. The van der Waals surface area contributed by atoms with E-state index in [9.17, 15) is 0 Å². The molecule has 0 fully saturated rings. The van der Waals surface area contributed by atoms with Gasteiger partial charge in [0.2, 0.25) is 0 Å². The molecule has 4 heteroatoms. The Labute approximate surface area is 82.4 Å². The van der Waals surface area contributed by atoms with E-state index in [1.807, 2.05) is 0 Å². The molecule has 0 aromatic rings. The van der Waals surface area contributed by atoms with Crippen molar-refractivity contribution in [3.05, 3.63) is 0 Å². The van der Waals surface area contributed by atoms with Gasteiger partial charge in [-0.3, -0.25) is 0 Å². The first-order chi connectivity index (χ1) is 5.27. The fourth-order valence-electron chi connectivity index (χ4n) is 0.814. The zero-order valence-electron chi connectivity index (χ0n) is 7.10. The number of unbranched alkanes of at least 4 members (excludes halogenated alkanes) is 1. The Bertz CT molecular complexity index is 80.8. The summed E-state index contributed by atoms with van der Waals surface area (Å²) in [4.78, 5) is 4.48. The standard InChI is InChI=1S/C7H16INO2/c1-7(2)5-3-4-6-9-11-10-8/h7,9H,3-6H2,1-2H3. The van der Waals surface area contributed by atoms with Crippen LogP contribution < -0.4 is 5.48 Å². The fraction of sp³-hybridized carbons (Fsp3) is 1.00. The number of hydroxylamine groups is 1. The summed E-state index contributed by atoms with van der Waals surface area (Å²) in [5, 5.41) is 0. The third-order valence-corrected chi connectivity index (χ3v) is 1.58. The molecule has 0 spiro atoms. The van der Waals surface area contributed by atoms with E-state index in [0.29, 0.717) is 0 Å². The summed E-state index contributed by atoms with van der Waals surface area (Å²) in [7, 11) is 0. The maximum absolute atomic E-state index is 4.48. The lowest BCUT2D eigenvalue weighted by Gasteiger charge is -2.03. The number of hydrogen-bond acceptors (Lipinski definition) is 3. The Morgan fingerprint density at radius 1 is 1.36 bits per heavy atom. The smallest absolute Gasteiger partial charge is 0.157 e. The van der Waals surface area contributed by atoms with Gasteiger partial charge in [0.1, 0.15) is 0 Å². The van der Waals surface area contributed by atoms with E-state index in [2.05, 4.69) is 27.5 Å². The van der Waals surface area contributed by atoms with Gasteiger partial charge in [-0.25, -0.2) is 0 Å². The molecule has 0 aliphatic rings. The van der Waals surface area contributed by atoms with E-state index < -0.39 is 0 Å². The highest BCUT2D eigenvalue weighted by molar-refractivity contribution is 14.1. The highest BCUT2D eigenvalue weighted by Gasteiger charge is 1.93. The van der Waals surface area contributed by atoms with Gasteiger partial charge in [0.05, 0.1) is 0 Å². The second-order valence-corrected chi connectivity index (χ2v) is 3.29. The van der Waals surface area contributed by atoms with Crippen LogP contribution in [0, 0.1) is 5.92 Å². The van der Waals surface area contributed by atoms with E-state index in [1.54, 1.807) is 23.0 Å². The van der Waals surface area contributed by atoms with Gasteiger partial charge < -0.3 is 0 Å². The molecule has 0 saturated carbocycles. The van der Waals surface area contributed by atoms with Crippen LogP contribution in [-0.2, 0) is 8.21 Å². The number of nitrogens with one attached hydrogen (secondary N) is 1. The molecule has 0 rings (SSSR count). The molecule has 1 N–H and O–H groups in total. The summed E-state index contributed by atoms with van der Waals surface area (Å²) in [5.41, 5.74) is 2.68. The minimum atomic E-state index is 0.803. The predicted molar refractivity (Wildman–Crippen MR) is 52.9 cm³/mol. The van der Waals surface area contributed by atoms with Gasteiger partial charge in [0.15, 0.2) is 23.0 Å². The Hall–Kier alpha value is 0.610. The summed E-state index contributed by atoms with van der Waals surface area (Å²) in [6.45, 7) is 5.32. The molecular weight excluding hydrogens is 257 g/mol. The van der Waals surface area contributed by atoms with Crippen molar-refractivity contribution in [2.75, 3.05) is 6.54 Å². The molecule has 0 aromatic carbocycles. The van der Waals surface area contributed by atoms with Crippen molar-refractivity contribution in [2.45, 2.75) is 33.1 Å². The number of halogens is 1. The second kappa shape index (κ2) is 8.70. The molecule has 0 atom stereocenters. The lowest BCUT2D eigenvalue weighted by molar-refractivity contribution is -0.222. The quantitative estimate of drug-likeness (QED) is 0.335. The number of rotatable bonds is 7. The summed E-state index contributed by atoms with van der Waals surface area (Å²) >= 11 is 1.67. The molecule has 0 radical (unpaired) electrons. The first kappa shape index (κ1) is 11.6. The van der Waals surface area contributed by atoms with Crippen LogP contribution in [0.1, 0.15) is 33.1 Å². The highest BCUT2D eigenvalue weighted by atomic mass is 127. The maximum Gasteiger partial charge on any atom is 0.157 e. The van der Waals surface area contributed by atoms with E-state index in [1.165, 1.54) is 12.8 Å². The largest absolute Gasteiger partial charge is 0.169 e. The molecule has 0 aliphatic carbocycles. The van der Waals surface area contributed by atoms with Gasteiger partial charge >= 0.3 is 0 Å². The first-order valence-corrected chi connectivity index (χ1v) is 4.82. The average Bonchev–Trinajstić information content (AvgIpc) is 1.96. The third kappa shape index (κ3) is 10.6. The van der Waals surface area contributed by atoms with Crippen molar-refractivity contribution in [2.24, 2.45) is 5.92 Å². The summed E-state index contributed by atoms with van der Waals surface area (Å²) in [6, 6.07) is 0. The molecule has 0 heterocycles.